The minimum absolute atomic E-state index is 0.0601. The largest absolute Gasteiger partial charge is 0.494 e. The van der Waals surface area contributed by atoms with Gasteiger partial charge in [0.1, 0.15) is 5.75 Å². The Morgan fingerprint density at radius 1 is 1.11 bits per heavy atom. The van der Waals surface area contributed by atoms with Gasteiger partial charge in [-0.2, -0.15) is 0 Å². The maximum Gasteiger partial charge on any atom is 0.292 e. The summed E-state index contributed by atoms with van der Waals surface area (Å²) in [5.41, 5.74) is 2.28. The zero-order valence-corrected chi connectivity index (χ0v) is 16.2. The van der Waals surface area contributed by atoms with Crippen LogP contribution in [0.4, 0.5) is 11.4 Å². The Hall–Kier alpha value is -3.26. The van der Waals surface area contributed by atoms with Gasteiger partial charge in [0.15, 0.2) is 5.76 Å². The molecule has 0 unspecified atom stereocenters. The monoisotopic (exact) mass is 400 g/mol. The van der Waals surface area contributed by atoms with Crippen LogP contribution in [-0.4, -0.2) is 27.2 Å². The van der Waals surface area contributed by atoms with Crippen molar-refractivity contribution in [2.75, 3.05) is 22.9 Å². The van der Waals surface area contributed by atoms with E-state index in [1.54, 1.807) is 12.1 Å². The van der Waals surface area contributed by atoms with Crippen LogP contribution in [0, 0.1) is 0 Å². The predicted molar refractivity (Wildman–Crippen MR) is 108 cm³/mol. The van der Waals surface area contributed by atoms with Gasteiger partial charge in [0.05, 0.1) is 24.8 Å². The highest BCUT2D eigenvalue weighted by Crippen LogP contribution is 2.30. The van der Waals surface area contributed by atoms with Gasteiger partial charge >= 0.3 is 0 Å². The van der Waals surface area contributed by atoms with E-state index in [0.717, 1.165) is 5.56 Å². The Balaban J connectivity index is 1.83. The number of nitrogens with one attached hydrogen (secondary N) is 2. The van der Waals surface area contributed by atoms with Crippen LogP contribution in [-0.2, 0) is 10.0 Å². The minimum Gasteiger partial charge on any atom is -0.494 e. The van der Waals surface area contributed by atoms with E-state index in [4.69, 9.17) is 9.15 Å². The van der Waals surface area contributed by atoms with Gasteiger partial charge in [-0.25, -0.2) is 8.42 Å². The fourth-order valence-corrected chi connectivity index (χ4v) is 3.26. The van der Waals surface area contributed by atoms with Crippen LogP contribution in [0.3, 0.4) is 0 Å². The van der Waals surface area contributed by atoms with Crippen molar-refractivity contribution in [1.29, 1.82) is 0 Å². The van der Waals surface area contributed by atoms with Gasteiger partial charge in [-0.05, 0) is 30.7 Å². The predicted octanol–water partition coefficient (Wildman–Crippen LogP) is 3.97. The molecule has 2 N–H and O–H groups in total. The van der Waals surface area contributed by atoms with Crippen LogP contribution in [0.1, 0.15) is 17.5 Å². The van der Waals surface area contributed by atoms with E-state index in [1.165, 1.54) is 32.4 Å². The second kappa shape index (κ2) is 8.18. The summed E-state index contributed by atoms with van der Waals surface area (Å²) in [5, 5.41) is 2.74. The number of ether oxygens (including phenoxy) is 1. The summed E-state index contributed by atoms with van der Waals surface area (Å²) in [6.07, 6.45) is 1.46. The number of anilines is 2. The number of hydrogen-bond acceptors (Lipinski definition) is 5. The quantitative estimate of drug-likeness (QED) is 0.625. The fraction of sp³-hybridized carbons (Fsp3) is 0.150. The normalized spacial score (nSPS) is 11.1. The number of amides is 1. The third-order valence-electron chi connectivity index (χ3n) is 4.06. The van der Waals surface area contributed by atoms with E-state index in [9.17, 15) is 13.2 Å². The number of furan rings is 1. The number of methoxy groups -OCH3 is 1. The molecule has 28 heavy (non-hydrogen) atoms. The molecule has 0 bridgehead atoms. The number of hydrogen-bond donors (Lipinski definition) is 2. The number of benzene rings is 2. The molecule has 0 saturated carbocycles. The van der Waals surface area contributed by atoms with Crippen LogP contribution in [0.25, 0.3) is 11.1 Å². The Morgan fingerprint density at radius 2 is 1.86 bits per heavy atom. The van der Waals surface area contributed by atoms with Gasteiger partial charge in [-0.3, -0.25) is 9.52 Å². The van der Waals surface area contributed by atoms with Crippen molar-refractivity contribution in [3.8, 4) is 16.9 Å². The topological polar surface area (TPSA) is 97.6 Å². The Bertz CT molecular complexity index is 1070. The number of carbonyl (C=O) groups excluding carboxylic acids is 1. The van der Waals surface area contributed by atoms with E-state index in [0.29, 0.717) is 16.9 Å². The van der Waals surface area contributed by atoms with Crippen molar-refractivity contribution >= 4 is 27.3 Å². The summed E-state index contributed by atoms with van der Waals surface area (Å²) in [5.74, 6) is -0.0126. The van der Waals surface area contributed by atoms with Crippen molar-refractivity contribution in [2.45, 2.75) is 6.92 Å². The summed E-state index contributed by atoms with van der Waals surface area (Å²) in [6, 6.07) is 15.8. The van der Waals surface area contributed by atoms with Crippen LogP contribution in [0.15, 0.2) is 65.3 Å². The third kappa shape index (κ3) is 4.34. The summed E-state index contributed by atoms with van der Waals surface area (Å²) >= 11 is 0. The standard InChI is InChI=1S/C20H20N2O5S/c1-3-28(24,25)22-17-10-9-15(13-18(17)26-2)21-20(23)19-16(11-12-27-19)14-7-5-4-6-8-14/h4-13,22H,3H2,1-2H3,(H,21,23). The van der Waals surface area contributed by atoms with Gasteiger partial charge in [-0.15, -0.1) is 0 Å². The van der Waals surface area contributed by atoms with E-state index in [1.807, 2.05) is 30.3 Å². The third-order valence-corrected chi connectivity index (χ3v) is 5.35. The van der Waals surface area contributed by atoms with Crippen molar-refractivity contribution < 1.29 is 22.4 Å². The number of rotatable bonds is 7. The van der Waals surface area contributed by atoms with Gasteiger partial charge in [0, 0.05) is 17.3 Å². The smallest absolute Gasteiger partial charge is 0.292 e. The molecular weight excluding hydrogens is 380 g/mol. The zero-order chi connectivity index (χ0) is 20.1. The van der Waals surface area contributed by atoms with Gasteiger partial charge in [-0.1, -0.05) is 30.3 Å². The van der Waals surface area contributed by atoms with Gasteiger partial charge < -0.3 is 14.5 Å². The molecule has 3 rings (SSSR count). The molecule has 0 radical (unpaired) electrons. The summed E-state index contributed by atoms with van der Waals surface area (Å²) in [7, 11) is -2.02. The Labute approximate surface area is 163 Å². The molecule has 7 nitrogen and oxygen atoms in total. The highest BCUT2D eigenvalue weighted by Gasteiger charge is 2.18. The van der Waals surface area contributed by atoms with E-state index in [2.05, 4.69) is 10.0 Å². The first kappa shape index (κ1) is 19.5. The molecule has 0 atom stereocenters. The van der Waals surface area contributed by atoms with E-state index < -0.39 is 15.9 Å². The Morgan fingerprint density at radius 3 is 2.54 bits per heavy atom. The lowest BCUT2D eigenvalue weighted by atomic mass is 10.1. The maximum atomic E-state index is 12.7. The van der Waals surface area contributed by atoms with Crippen LogP contribution in [0.5, 0.6) is 5.75 Å². The highest BCUT2D eigenvalue weighted by atomic mass is 32.2. The molecular formula is C20H20N2O5S. The first-order valence-electron chi connectivity index (χ1n) is 8.56. The molecule has 1 heterocycles. The molecule has 0 aliphatic carbocycles. The summed E-state index contributed by atoms with van der Waals surface area (Å²) < 4.78 is 36.6. The maximum absolute atomic E-state index is 12.7. The molecule has 3 aromatic rings. The van der Waals surface area contributed by atoms with Gasteiger partial charge in [0.2, 0.25) is 10.0 Å². The second-order valence-corrected chi connectivity index (χ2v) is 7.92. The molecule has 8 heteroatoms. The molecule has 0 aliphatic rings. The van der Waals surface area contributed by atoms with Crippen molar-refractivity contribution in [2.24, 2.45) is 0 Å². The van der Waals surface area contributed by atoms with Crippen molar-refractivity contribution in [3.05, 3.63) is 66.6 Å². The average Bonchev–Trinajstić information content (AvgIpc) is 3.19. The molecule has 0 spiro atoms. The number of carbonyl (C=O) groups is 1. The molecule has 2 aromatic carbocycles. The van der Waals surface area contributed by atoms with Gasteiger partial charge in [0.25, 0.3) is 5.91 Å². The molecule has 146 valence electrons. The van der Waals surface area contributed by atoms with Crippen molar-refractivity contribution in [3.63, 3.8) is 0 Å². The molecule has 1 aromatic heterocycles. The van der Waals surface area contributed by atoms with Crippen LogP contribution in [0.2, 0.25) is 0 Å². The molecule has 0 aliphatic heterocycles. The number of sulfonamides is 1. The average molecular weight is 400 g/mol. The lowest BCUT2D eigenvalue weighted by Crippen LogP contribution is -2.16. The Kier molecular flexibility index (Phi) is 5.70. The lowest BCUT2D eigenvalue weighted by Gasteiger charge is -2.13. The molecule has 0 saturated heterocycles. The first-order valence-corrected chi connectivity index (χ1v) is 10.2. The van der Waals surface area contributed by atoms with E-state index >= 15 is 0 Å². The molecule has 0 fully saturated rings. The first-order chi connectivity index (χ1) is 13.4. The van der Waals surface area contributed by atoms with Crippen molar-refractivity contribution in [1.82, 2.24) is 0 Å². The van der Waals surface area contributed by atoms with Crippen LogP contribution >= 0.6 is 0 Å². The van der Waals surface area contributed by atoms with Crippen LogP contribution < -0.4 is 14.8 Å². The zero-order valence-electron chi connectivity index (χ0n) is 15.4. The summed E-state index contributed by atoms with van der Waals surface area (Å²) in [4.78, 5) is 12.7. The molecule has 1 amide bonds. The second-order valence-electron chi connectivity index (χ2n) is 5.90. The highest BCUT2D eigenvalue weighted by molar-refractivity contribution is 7.92. The fourth-order valence-electron chi connectivity index (χ4n) is 2.61. The minimum atomic E-state index is -3.45. The van der Waals surface area contributed by atoms with E-state index in [-0.39, 0.29) is 17.3 Å². The lowest BCUT2D eigenvalue weighted by molar-refractivity contribution is 0.0997. The SMILES string of the molecule is CCS(=O)(=O)Nc1ccc(NC(=O)c2occc2-c2ccccc2)cc1OC. The summed E-state index contributed by atoms with van der Waals surface area (Å²) in [6.45, 7) is 1.54.